The quantitative estimate of drug-likeness (QED) is 0.881. The van der Waals surface area contributed by atoms with Gasteiger partial charge in [0.15, 0.2) is 0 Å². The lowest BCUT2D eigenvalue weighted by Crippen LogP contribution is -2.27. The van der Waals surface area contributed by atoms with Gasteiger partial charge < -0.3 is 5.32 Å². The summed E-state index contributed by atoms with van der Waals surface area (Å²) >= 11 is 0. The molecule has 1 amide bonds. The van der Waals surface area contributed by atoms with Crippen LogP contribution in [0.25, 0.3) is 0 Å². The Kier molecular flexibility index (Phi) is 5.00. The molecular formula is C16H17FN2O3S. The molecule has 0 saturated heterocycles. The van der Waals surface area contributed by atoms with E-state index in [1.54, 1.807) is 37.3 Å². The van der Waals surface area contributed by atoms with Crippen LogP contribution in [0.4, 0.5) is 10.1 Å². The predicted octanol–water partition coefficient (Wildman–Crippen LogP) is 2.69. The van der Waals surface area contributed by atoms with E-state index in [2.05, 4.69) is 10.0 Å². The molecule has 2 aromatic carbocycles. The first-order valence-corrected chi connectivity index (χ1v) is 8.78. The summed E-state index contributed by atoms with van der Waals surface area (Å²) in [5.74, 6) is -0.814. The summed E-state index contributed by atoms with van der Waals surface area (Å²) in [5.41, 5.74) is 0.951. The minimum atomic E-state index is -3.42. The number of carbonyl (C=O) groups is 1. The average Bonchev–Trinajstić information content (AvgIpc) is 2.46. The summed E-state index contributed by atoms with van der Waals surface area (Å²) in [5, 5.41) is 2.69. The average molecular weight is 336 g/mol. The number of nitrogens with one attached hydrogen (secondary N) is 2. The first kappa shape index (κ1) is 17.0. The second-order valence-electron chi connectivity index (χ2n) is 5.17. The van der Waals surface area contributed by atoms with E-state index in [-0.39, 0.29) is 5.56 Å². The van der Waals surface area contributed by atoms with Gasteiger partial charge in [0.25, 0.3) is 5.91 Å². The third kappa shape index (κ3) is 4.79. The molecule has 0 fully saturated rings. The van der Waals surface area contributed by atoms with Crippen LogP contribution in [0, 0.1) is 5.82 Å². The Morgan fingerprint density at radius 3 is 2.48 bits per heavy atom. The van der Waals surface area contributed by atoms with Gasteiger partial charge in [-0.05, 0) is 31.2 Å². The molecule has 7 heteroatoms. The number of rotatable bonds is 5. The summed E-state index contributed by atoms with van der Waals surface area (Å²) in [6.07, 6.45) is 1.03. The number of hydrogen-bond donors (Lipinski definition) is 2. The van der Waals surface area contributed by atoms with E-state index in [1.165, 1.54) is 18.2 Å². The van der Waals surface area contributed by atoms with Gasteiger partial charge in [-0.2, -0.15) is 0 Å². The fraction of sp³-hybridized carbons (Fsp3) is 0.188. The maximum absolute atomic E-state index is 13.7. The molecule has 1 atom stereocenters. The predicted molar refractivity (Wildman–Crippen MR) is 87.2 cm³/mol. The normalized spacial score (nSPS) is 12.5. The molecule has 0 aromatic heterocycles. The van der Waals surface area contributed by atoms with Crippen LogP contribution in [-0.2, 0) is 10.0 Å². The van der Waals surface area contributed by atoms with Crippen molar-refractivity contribution in [3.8, 4) is 0 Å². The SMILES string of the molecule is CC(NC(=O)c1cccc(NS(C)(=O)=O)c1)c1ccccc1F. The third-order valence-electron chi connectivity index (χ3n) is 3.15. The van der Waals surface area contributed by atoms with Gasteiger partial charge >= 0.3 is 0 Å². The van der Waals surface area contributed by atoms with Gasteiger partial charge in [-0.15, -0.1) is 0 Å². The summed E-state index contributed by atoms with van der Waals surface area (Å²) in [6, 6.07) is 11.8. The monoisotopic (exact) mass is 336 g/mol. The van der Waals surface area contributed by atoms with Crippen molar-refractivity contribution in [3.63, 3.8) is 0 Å². The number of benzene rings is 2. The molecule has 2 rings (SSSR count). The van der Waals surface area contributed by atoms with E-state index in [1.807, 2.05) is 0 Å². The second kappa shape index (κ2) is 6.78. The highest BCUT2D eigenvalue weighted by atomic mass is 32.2. The maximum Gasteiger partial charge on any atom is 0.251 e. The Hall–Kier alpha value is -2.41. The molecule has 0 aliphatic heterocycles. The molecule has 0 heterocycles. The number of hydrogen-bond acceptors (Lipinski definition) is 3. The van der Waals surface area contributed by atoms with Gasteiger partial charge in [0.05, 0.1) is 12.3 Å². The zero-order valence-corrected chi connectivity index (χ0v) is 13.5. The van der Waals surface area contributed by atoms with E-state index in [0.29, 0.717) is 11.3 Å². The van der Waals surface area contributed by atoms with Crippen LogP contribution in [-0.4, -0.2) is 20.6 Å². The van der Waals surface area contributed by atoms with Crippen LogP contribution >= 0.6 is 0 Å². The topological polar surface area (TPSA) is 75.3 Å². The highest BCUT2D eigenvalue weighted by Crippen LogP contribution is 2.18. The Morgan fingerprint density at radius 2 is 1.83 bits per heavy atom. The highest BCUT2D eigenvalue weighted by Gasteiger charge is 2.15. The molecule has 0 saturated carbocycles. The Balaban J connectivity index is 2.15. The molecule has 0 radical (unpaired) electrons. The molecule has 5 nitrogen and oxygen atoms in total. The van der Waals surface area contributed by atoms with E-state index in [9.17, 15) is 17.6 Å². The molecule has 23 heavy (non-hydrogen) atoms. The van der Waals surface area contributed by atoms with Crippen molar-refractivity contribution < 1.29 is 17.6 Å². The summed E-state index contributed by atoms with van der Waals surface area (Å²) in [4.78, 5) is 12.2. The Bertz CT molecular complexity index is 822. The van der Waals surface area contributed by atoms with Crippen LogP contribution in [0.15, 0.2) is 48.5 Å². The lowest BCUT2D eigenvalue weighted by Gasteiger charge is -2.15. The van der Waals surface area contributed by atoms with Gasteiger partial charge in [-0.3, -0.25) is 9.52 Å². The van der Waals surface area contributed by atoms with Crippen LogP contribution < -0.4 is 10.0 Å². The van der Waals surface area contributed by atoms with Crippen LogP contribution in [0.2, 0.25) is 0 Å². The smallest absolute Gasteiger partial charge is 0.251 e. The van der Waals surface area contributed by atoms with Crippen LogP contribution in [0.1, 0.15) is 28.9 Å². The van der Waals surface area contributed by atoms with Crippen LogP contribution in [0.5, 0.6) is 0 Å². The zero-order valence-electron chi connectivity index (χ0n) is 12.7. The maximum atomic E-state index is 13.7. The van der Waals surface area contributed by atoms with Crippen molar-refractivity contribution in [3.05, 3.63) is 65.5 Å². The number of anilines is 1. The molecule has 2 N–H and O–H groups in total. The van der Waals surface area contributed by atoms with Crippen molar-refractivity contribution in [1.29, 1.82) is 0 Å². The molecule has 0 bridgehead atoms. The molecular weight excluding hydrogens is 319 g/mol. The van der Waals surface area contributed by atoms with Gasteiger partial charge in [0, 0.05) is 16.8 Å². The van der Waals surface area contributed by atoms with Gasteiger partial charge in [0.1, 0.15) is 5.82 Å². The summed E-state index contributed by atoms with van der Waals surface area (Å²) in [6.45, 7) is 1.68. The van der Waals surface area contributed by atoms with E-state index in [4.69, 9.17) is 0 Å². The molecule has 1 unspecified atom stereocenters. The lowest BCUT2D eigenvalue weighted by molar-refractivity contribution is 0.0939. The molecule has 122 valence electrons. The van der Waals surface area contributed by atoms with Crippen molar-refractivity contribution in [2.75, 3.05) is 11.0 Å². The van der Waals surface area contributed by atoms with E-state index < -0.39 is 27.8 Å². The largest absolute Gasteiger partial charge is 0.345 e. The fourth-order valence-electron chi connectivity index (χ4n) is 2.12. The number of amides is 1. The van der Waals surface area contributed by atoms with Crippen molar-refractivity contribution in [2.24, 2.45) is 0 Å². The minimum Gasteiger partial charge on any atom is -0.345 e. The Morgan fingerprint density at radius 1 is 1.13 bits per heavy atom. The van der Waals surface area contributed by atoms with Crippen molar-refractivity contribution in [2.45, 2.75) is 13.0 Å². The van der Waals surface area contributed by atoms with E-state index >= 15 is 0 Å². The van der Waals surface area contributed by atoms with Gasteiger partial charge in [-0.25, -0.2) is 12.8 Å². The van der Waals surface area contributed by atoms with E-state index in [0.717, 1.165) is 6.26 Å². The molecule has 0 aliphatic carbocycles. The number of carbonyl (C=O) groups excluding carboxylic acids is 1. The van der Waals surface area contributed by atoms with Gasteiger partial charge in [0.2, 0.25) is 10.0 Å². The van der Waals surface area contributed by atoms with Crippen molar-refractivity contribution >= 4 is 21.6 Å². The summed E-state index contributed by atoms with van der Waals surface area (Å²) in [7, 11) is -3.42. The fourth-order valence-corrected chi connectivity index (χ4v) is 2.68. The lowest BCUT2D eigenvalue weighted by atomic mass is 10.1. The zero-order chi connectivity index (χ0) is 17.0. The highest BCUT2D eigenvalue weighted by molar-refractivity contribution is 7.92. The molecule has 2 aromatic rings. The first-order valence-electron chi connectivity index (χ1n) is 6.89. The molecule has 0 spiro atoms. The van der Waals surface area contributed by atoms with Gasteiger partial charge in [-0.1, -0.05) is 24.3 Å². The van der Waals surface area contributed by atoms with Crippen LogP contribution in [0.3, 0.4) is 0 Å². The standard InChI is InChI=1S/C16H17FN2O3S/c1-11(14-8-3-4-9-15(14)17)18-16(20)12-6-5-7-13(10-12)19-23(2,21)22/h3-11,19H,1-2H3,(H,18,20). The second-order valence-corrected chi connectivity index (χ2v) is 6.92. The minimum absolute atomic E-state index is 0.279. The number of halogens is 1. The Labute approximate surface area is 134 Å². The number of sulfonamides is 1. The first-order chi connectivity index (χ1) is 10.8. The summed E-state index contributed by atoms with van der Waals surface area (Å²) < 4.78 is 38.5. The van der Waals surface area contributed by atoms with Crippen molar-refractivity contribution in [1.82, 2.24) is 5.32 Å². The molecule has 0 aliphatic rings. The third-order valence-corrected chi connectivity index (χ3v) is 3.75.